The summed E-state index contributed by atoms with van der Waals surface area (Å²) >= 11 is 12.2. The lowest BCUT2D eigenvalue weighted by molar-refractivity contribution is -0.141. The number of rotatable bonds is 11. The van der Waals surface area contributed by atoms with Crippen molar-refractivity contribution in [3.8, 4) is 5.82 Å². The lowest BCUT2D eigenvalue weighted by Crippen LogP contribution is -2.36. The number of aromatic nitrogens is 2. The van der Waals surface area contributed by atoms with Crippen LogP contribution >= 0.6 is 23.2 Å². The summed E-state index contributed by atoms with van der Waals surface area (Å²) in [5.74, 6) is 0.389. The number of unbranched alkanes of at least 4 members (excludes halogenated alkanes) is 1. The average Bonchev–Trinajstić information content (AvgIpc) is 3.34. The maximum absolute atomic E-state index is 13.8. The Hall–Kier alpha value is -2.92. The molecule has 0 saturated heterocycles. The molecule has 39 heavy (non-hydrogen) atoms. The molecule has 0 amide bonds. The van der Waals surface area contributed by atoms with Crippen LogP contribution in [-0.2, 0) is 30.4 Å². The van der Waals surface area contributed by atoms with Crippen molar-refractivity contribution in [3.05, 3.63) is 77.0 Å². The Kier molecular flexibility index (Phi) is 9.32. The van der Waals surface area contributed by atoms with Crippen LogP contribution in [0, 0.1) is 0 Å². The zero-order chi connectivity index (χ0) is 28.2. The molecule has 0 aliphatic carbocycles. The standard InChI is InChI=1S/C27H27Cl2N3O5S2/c1-3-5-12-37-27(33)18-32(39(35,36)24-15-20(28)14-21(29)16-24)22-6-7-25-19(13-22)9-11-31(25)26-17-23(8-10-30-26)38(34)4-2/h6-11,13-17H,3-5,12,18H2,1-2H3. The van der Waals surface area contributed by atoms with Gasteiger partial charge in [-0.2, -0.15) is 0 Å². The molecule has 4 aromatic rings. The highest BCUT2D eigenvalue weighted by Crippen LogP contribution is 2.31. The predicted molar refractivity (Wildman–Crippen MR) is 155 cm³/mol. The smallest absolute Gasteiger partial charge is 0.326 e. The summed E-state index contributed by atoms with van der Waals surface area (Å²) in [6, 6.07) is 14.3. The molecule has 0 radical (unpaired) electrons. The van der Waals surface area contributed by atoms with Crippen LogP contribution in [0.4, 0.5) is 5.69 Å². The molecule has 1 unspecified atom stereocenters. The van der Waals surface area contributed by atoms with Crippen LogP contribution in [0.5, 0.6) is 0 Å². The minimum absolute atomic E-state index is 0.149. The molecule has 0 aliphatic heterocycles. The van der Waals surface area contributed by atoms with E-state index in [1.165, 1.54) is 18.2 Å². The topological polar surface area (TPSA) is 98.6 Å². The van der Waals surface area contributed by atoms with Gasteiger partial charge >= 0.3 is 5.97 Å². The summed E-state index contributed by atoms with van der Waals surface area (Å²) in [6.07, 6.45) is 4.90. The van der Waals surface area contributed by atoms with Crippen molar-refractivity contribution in [1.82, 2.24) is 9.55 Å². The minimum Gasteiger partial charge on any atom is -0.464 e. The Labute approximate surface area is 240 Å². The number of esters is 1. The van der Waals surface area contributed by atoms with Gasteiger partial charge in [-0.15, -0.1) is 0 Å². The molecule has 4 rings (SSSR count). The number of benzene rings is 2. The van der Waals surface area contributed by atoms with Gasteiger partial charge in [0.25, 0.3) is 10.0 Å². The van der Waals surface area contributed by atoms with Gasteiger partial charge in [0.2, 0.25) is 0 Å². The Balaban J connectivity index is 1.76. The Bertz CT molecular complexity index is 1620. The third-order valence-corrected chi connectivity index (χ3v) is 9.40. The second-order valence-electron chi connectivity index (χ2n) is 8.60. The van der Waals surface area contributed by atoms with E-state index in [0.717, 1.165) is 16.2 Å². The van der Waals surface area contributed by atoms with Crippen LogP contribution in [0.25, 0.3) is 16.7 Å². The maximum atomic E-state index is 13.8. The second kappa shape index (κ2) is 12.5. The Morgan fingerprint density at radius 1 is 1.05 bits per heavy atom. The number of nitrogens with zero attached hydrogens (tertiary/aromatic N) is 3. The lowest BCUT2D eigenvalue weighted by atomic mass is 10.2. The molecule has 12 heteroatoms. The van der Waals surface area contributed by atoms with Gasteiger partial charge in [0.05, 0.1) is 33.5 Å². The molecule has 0 spiro atoms. The molecule has 1 atom stereocenters. The van der Waals surface area contributed by atoms with E-state index in [0.29, 0.717) is 28.3 Å². The summed E-state index contributed by atoms with van der Waals surface area (Å²) < 4.78 is 47.9. The minimum atomic E-state index is -4.25. The number of halogens is 2. The predicted octanol–water partition coefficient (Wildman–Crippen LogP) is 6.00. The zero-order valence-corrected chi connectivity index (χ0v) is 24.5. The van der Waals surface area contributed by atoms with Gasteiger partial charge < -0.3 is 9.30 Å². The van der Waals surface area contributed by atoms with Gasteiger partial charge in [-0.25, -0.2) is 13.4 Å². The van der Waals surface area contributed by atoms with Gasteiger partial charge in [-0.3, -0.25) is 13.3 Å². The van der Waals surface area contributed by atoms with Gasteiger partial charge in [0, 0.05) is 38.5 Å². The Morgan fingerprint density at radius 3 is 2.49 bits per heavy atom. The molecule has 0 N–H and O–H groups in total. The largest absolute Gasteiger partial charge is 0.464 e. The van der Waals surface area contributed by atoms with Gasteiger partial charge in [0.15, 0.2) is 0 Å². The van der Waals surface area contributed by atoms with Gasteiger partial charge in [-0.05, 0) is 61.0 Å². The fraction of sp³-hybridized carbons (Fsp3) is 0.259. The van der Waals surface area contributed by atoms with Crippen molar-refractivity contribution in [3.63, 3.8) is 0 Å². The fourth-order valence-corrected chi connectivity index (χ4v) is 6.85. The van der Waals surface area contributed by atoms with E-state index in [9.17, 15) is 17.4 Å². The van der Waals surface area contributed by atoms with E-state index in [1.807, 2.05) is 24.5 Å². The van der Waals surface area contributed by atoms with E-state index in [2.05, 4.69) is 4.98 Å². The Morgan fingerprint density at radius 2 is 1.79 bits per heavy atom. The highest BCUT2D eigenvalue weighted by atomic mass is 35.5. The quantitative estimate of drug-likeness (QED) is 0.153. The molecule has 2 aromatic carbocycles. The summed E-state index contributed by atoms with van der Waals surface area (Å²) in [5.41, 5.74) is 1.01. The molecule has 0 saturated carbocycles. The van der Waals surface area contributed by atoms with Crippen molar-refractivity contribution >= 4 is 66.6 Å². The number of anilines is 1. The first-order valence-corrected chi connectivity index (χ1v) is 15.8. The first kappa shape index (κ1) is 29.1. The number of pyridine rings is 1. The number of ether oxygens (including phenoxy) is 1. The number of fused-ring (bicyclic) bond motifs is 1. The number of hydrogen-bond donors (Lipinski definition) is 0. The van der Waals surface area contributed by atoms with Gasteiger partial charge in [-0.1, -0.05) is 43.5 Å². The maximum Gasteiger partial charge on any atom is 0.326 e. The van der Waals surface area contributed by atoms with Gasteiger partial charge in [0.1, 0.15) is 12.4 Å². The third-order valence-electron chi connectivity index (χ3n) is 5.91. The fourth-order valence-electron chi connectivity index (χ4n) is 3.94. The molecule has 0 bridgehead atoms. The highest BCUT2D eigenvalue weighted by Gasteiger charge is 2.29. The van der Waals surface area contributed by atoms with Crippen molar-refractivity contribution in [1.29, 1.82) is 0 Å². The molecule has 206 valence electrons. The molecule has 2 heterocycles. The summed E-state index contributed by atoms with van der Waals surface area (Å²) in [7, 11) is -5.38. The molecular formula is C27H27Cl2N3O5S2. The second-order valence-corrected chi connectivity index (χ2v) is 13.1. The van der Waals surface area contributed by atoms with Crippen LogP contribution in [0.2, 0.25) is 10.0 Å². The summed E-state index contributed by atoms with van der Waals surface area (Å²) in [4.78, 5) is 17.6. The normalized spacial score (nSPS) is 12.4. The van der Waals surface area contributed by atoms with Crippen molar-refractivity contribution in [2.45, 2.75) is 36.5 Å². The van der Waals surface area contributed by atoms with E-state index < -0.39 is 33.3 Å². The van der Waals surface area contributed by atoms with E-state index in [1.54, 1.807) is 42.7 Å². The van der Waals surface area contributed by atoms with Crippen molar-refractivity contribution in [2.24, 2.45) is 0 Å². The highest BCUT2D eigenvalue weighted by molar-refractivity contribution is 7.92. The molecule has 0 aliphatic rings. The van der Waals surface area contributed by atoms with Crippen molar-refractivity contribution in [2.75, 3.05) is 23.2 Å². The van der Waals surface area contributed by atoms with E-state index >= 15 is 0 Å². The van der Waals surface area contributed by atoms with Crippen LogP contribution in [0.15, 0.2) is 76.8 Å². The molecule has 0 fully saturated rings. The van der Waals surface area contributed by atoms with Crippen LogP contribution in [0.1, 0.15) is 26.7 Å². The lowest BCUT2D eigenvalue weighted by Gasteiger charge is -2.24. The summed E-state index contributed by atoms with van der Waals surface area (Å²) in [6.45, 7) is 3.47. The van der Waals surface area contributed by atoms with E-state index in [4.69, 9.17) is 27.9 Å². The third kappa shape index (κ3) is 6.63. The van der Waals surface area contributed by atoms with Crippen LogP contribution < -0.4 is 4.31 Å². The summed E-state index contributed by atoms with van der Waals surface area (Å²) in [5, 5.41) is 1.01. The van der Waals surface area contributed by atoms with Crippen LogP contribution in [-0.4, -0.2) is 47.1 Å². The number of sulfonamides is 1. The number of carbonyl (C=O) groups excluding carboxylic acids is 1. The van der Waals surface area contributed by atoms with Crippen LogP contribution in [0.3, 0.4) is 0 Å². The monoisotopic (exact) mass is 607 g/mol. The molecule has 2 aromatic heterocycles. The zero-order valence-electron chi connectivity index (χ0n) is 21.3. The molecular weight excluding hydrogens is 581 g/mol. The first-order chi connectivity index (χ1) is 18.6. The number of hydrogen-bond acceptors (Lipinski definition) is 6. The number of carbonyl (C=O) groups is 1. The molecule has 8 nitrogen and oxygen atoms in total. The SMILES string of the molecule is CCCCOC(=O)CN(c1ccc2c(ccn2-c2cc(S(=O)CC)ccn2)c1)S(=O)(=O)c1cc(Cl)cc(Cl)c1. The first-order valence-electron chi connectivity index (χ1n) is 12.2. The average molecular weight is 609 g/mol. The van der Waals surface area contributed by atoms with E-state index in [-0.39, 0.29) is 27.2 Å². The van der Waals surface area contributed by atoms with Crippen molar-refractivity contribution < 1.29 is 22.2 Å².